The predicted octanol–water partition coefficient (Wildman–Crippen LogP) is 8.61. The third kappa shape index (κ3) is 3.02. The van der Waals surface area contributed by atoms with Gasteiger partial charge in [0.1, 0.15) is 0 Å². The molecule has 0 N–H and O–H groups in total. The summed E-state index contributed by atoms with van der Waals surface area (Å²) >= 11 is 0. The average molecular weight is 578 g/mol. The Balaban J connectivity index is 1.53. The van der Waals surface area contributed by atoms with Gasteiger partial charge < -0.3 is 0 Å². The van der Waals surface area contributed by atoms with Gasteiger partial charge in [0.2, 0.25) is 0 Å². The monoisotopic (exact) mass is 577 g/mol. The van der Waals surface area contributed by atoms with Crippen molar-refractivity contribution in [1.29, 1.82) is 0 Å². The molecule has 0 aliphatic carbocycles. The molecule has 0 amide bonds. The van der Waals surface area contributed by atoms with Gasteiger partial charge >= 0.3 is 0 Å². The smallest absolute Gasteiger partial charge is 0.266 e. The summed E-state index contributed by atoms with van der Waals surface area (Å²) in [5, 5.41) is 11.6. The minimum atomic E-state index is -0.282. The Kier molecular flexibility index (Phi) is 4.55. The number of aromatic nitrogens is 3. The molecule has 5 nitrogen and oxygen atoms in total. The molecule has 0 bridgehead atoms. The van der Waals surface area contributed by atoms with Crippen molar-refractivity contribution < 1.29 is 0 Å². The first kappa shape index (κ1) is 24.5. The van der Waals surface area contributed by atoms with Crippen molar-refractivity contribution in [3.63, 3.8) is 0 Å². The highest BCUT2D eigenvalue weighted by Gasteiger charge is 2.29. The Morgan fingerprint density at radius 3 is 1.38 bits per heavy atom. The summed E-state index contributed by atoms with van der Waals surface area (Å²) in [7, 11) is 0. The van der Waals surface area contributed by atoms with Crippen LogP contribution in [0.15, 0.2) is 113 Å². The molecule has 0 saturated carbocycles. The van der Waals surface area contributed by atoms with Gasteiger partial charge in [-0.05, 0) is 150 Å². The first-order valence-electron chi connectivity index (χ1n) is 15.1. The quantitative estimate of drug-likeness (QED) is 0.197. The first-order chi connectivity index (χ1) is 22.0. The van der Waals surface area contributed by atoms with Gasteiger partial charge in [-0.25, -0.2) is 4.57 Å². The molecule has 3 aromatic heterocycles. The van der Waals surface area contributed by atoms with Gasteiger partial charge in [0.15, 0.2) is 0 Å². The Bertz CT molecular complexity index is 2720. The minimum Gasteiger partial charge on any atom is -0.268 e. The van der Waals surface area contributed by atoms with Crippen molar-refractivity contribution in [2.45, 2.75) is 13.8 Å². The number of hydrogen-bond acceptors (Lipinski definition) is 4. The zero-order valence-corrected chi connectivity index (χ0v) is 24.5. The number of fused-ring (bicyclic) bond motifs is 3. The fourth-order valence-electron chi connectivity index (χ4n) is 8.04. The third-order valence-electron chi connectivity index (χ3n) is 9.70. The molecule has 0 atom stereocenters. The first-order valence-corrected chi connectivity index (χ1v) is 15.1. The Morgan fingerprint density at radius 1 is 0.467 bits per heavy atom. The summed E-state index contributed by atoms with van der Waals surface area (Å²) in [5.74, 6) is 0. The van der Waals surface area contributed by atoms with E-state index in [0.29, 0.717) is 16.5 Å². The summed E-state index contributed by atoms with van der Waals surface area (Å²) in [6.45, 7) is 3.98. The van der Waals surface area contributed by atoms with Crippen LogP contribution in [0.5, 0.6) is 0 Å². The van der Waals surface area contributed by atoms with Gasteiger partial charge in [0.25, 0.3) is 11.1 Å². The number of nitrogens with zero attached hydrogens (tertiary/aromatic N) is 3. The number of rotatable bonds is 3. The summed E-state index contributed by atoms with van der Waals surface area (Å²) in [6.07, 6.45) is 7.18. The largest absolute Gasteiger partial charge is 0.268 e. The van der Waals surface area contributed by atoms with Gasteiger partial charge in [-0.3, -0.25) is 19.6 Å². The number of pyridine rings is 2. The van der Waals surface area contributed by atoms with E-state index >= 15 is 0 Å². The van der Waals surface area contributed by atoms with Gasteiger partial charge in [-0.2, -0.15) is 0 Å². The van der Waals surface area contributed by atoms with Crippen LogP contribution in [0.4, 0.5) is 0 Å². The van der Waals surface area contributed by atoms with Crippen LogP contribution in [0.1, 0.15) is 11.1 Å². The molecule has 10 aromatic rings. The summed E-state index contributed by atoms with van der Waals surface area (Å²) < 4.78 is 1.38. The number of hydrogen-bond donors (Lipinski definition) is 0. The maximum Gasteiger partial charge on any atom is 0.266 e. The van der Waals surface area contributed by atoms with Crippen molar-refractivity contribution in [2.75, 3.05) is 0 Å². The lowest BCUT2D eigenvalue weighted by atomic mass is 9.89. The van der Waals surface area contributed by atoms with Crippen LogP contribution in [-0.4, -0.2) is 14.5 Å². The lowest BCUT2D eigenvalue weighted by molar-refractivity contribution is 0.986. The van der Waals surface area contributed by atoms with E-state index < -0.39 is 0 Å². The molecule has 0 saturated heterocycles. The lowest BCUT2D eigenvalue weighted by Crippen LogP contribution is -2.23. The van der Waals surface area contributed by atoms with E-state index in [4.69, 9.17) is 0 Å². The van der Waals surface area contributed by atoms with Crippen LogP contribution >= 0.6 is 0 Å². The van der Waals surface area contributed by atoms with Crippen molar-refractivity contribution >= 4 is 64.6 Å². The maximum absolute atomic E-state index is 14.7. The van der Waals surface area contributed by atoms with Gasteiger partial charge in [-0.15, -0.1) is 0 Å². The molecule has 7 aromatic carbocycles. The highest BCUT2D eigenvalue weighted by molar-refractivity contribution is 6.50. The summed E-state index contributed by atoms with van der Waals surface area (Å²) in [5.41, 5.74) is 6.12. The zero-order chi connectivity index (χ0) is 30.1. The number of aryl methyl sites for hydroxylation is 2. The van der Waals surface area contributed by atoms with Crippen molar-refractivity contribution in [2.24, 2.45) is 0 Å². The lowest BCUT2D eigenvalue weighted by Gasteiger charge is -2.12. The Morgan fingerprint density at radius 2 is 0.911 bits per heavy atom. The van der Waals surface area contributed by atoms with E-state index in [-0.39, 0.29) is 11.1 Å². The molecular formula is C40H23N3O2. The highest BCUT2D eigenvalue weighted by atomic mass is 16.2. The Labute approximate surface area is 256 Å². The van der Waals surface area contributed by atoms with Crippen LogP contribution in [0.2, 0.25) is 0 Å². The van der Waals surface area contributed by atoms with Gasteiger partial charge in [0.05, 0.1) is 16.5 Å². The second kappa shape index (κ2) is 8.36. The molecular weight excluding hydrogens is 554 g/mol. The van der Waals surface area contributed by atoms with Crippen LogP contribution in [0.3, 0.4) is 0 Å². The third-order valence-corrected chi connectivity index (χ3v) is 9.70. The Hall–Kier alpha value is -5.94. The second-order valence-electron chi connectivity index (χ2n) is 12.3. The topological polar surface area (TPSA) is 64.8 Å². The molecule has 45 heavy (non-hydrogen) atoms. The molecule has 3 heterocycles. The van der Waals surface area contributed by atoms with E-state index in [1.165, 1.54) is 9.95 Å². The predicted molar refractivity (Wildman–Crippen MR) is 184 cm³/mol. The van der Waals surface area contributed by atoms with Crippen molar-refractivity contribution in [1.82, 2.24) is 14.5 Å². The molecule has 0 unspecified atom stereocenters. The van der Waals surface area contributed by atoms with Crippen LogP contribution in [0.25, 0.3) is 92.6 Å². The average Bonchev–Trinajstić information content (AvgIpc) is 3.55. The van der Waals surface area contributed by atoms with Gasteiger partial charge in [0, 0.05) is 24.8 Å². The minimum absolute atomic E-state index is 0.282. The van der Waals surface area contributed by atoms with E-state index in [1.807, 2.05) is 50.2 Å². The molecule has 0 fully saturated rings. The fourth-order valence-corrected chi connectivity index (χ4v) is 8.04. The summed E-state index contributed by atoms with van der Waals surface area (Å²) in [6, 6.07) is 26.9. The van der Waals surface area contributed by atoms with E-state index in [2.05, 4.69) is 52.4 Å². The standard InChI is InChI=1S/C40H23N3O2/c1-20-15-21(2)17-25(16-20)43-39(44)37-30-18-28(22-7-11-41-12-8-22)26-5-3-24-4-6-27-29(23-9-13-42-14-10-23)19-31(38(37)40(43)45)36-34(27)32(24)33(26)35(30)36/h3-19H,1-2H3. The maximum atomic E-state index is 14.7. The molecule has 10 rings (SSSR count). The fraction of sp³-hybridized carbons (Fsp3) is 0.0500. The normalized spacial score (nSPS) is 12.4. The summed E-state index contributed by atoms with van der Waals surface area (Å²) in [4.78, 5) is 37.8. The van der Waals surface area contributed by atoms with Crippen LogP contribution < -0.4 is 11.1 Å². The van der Waals surface area contributed by atoms with Crippen LogP contribution in [0, 0.1) is 13.8 Å². The molecule has 0 radical (unpaired) electrons. The SMILES string of the molecule is Cc1cc(C)cc(-n2c(=O)c3c4cc(-c5ccncc5)c5ccc6ccc7c(-c8ccncc8)cc(c3c2=O)c2c7c6c5c42)c1. The van der Waals surface area contributed by atoms with Gasteiger partial charge in [-0.1, -0.05) is 30.3 Å². The molecule has 5 heteroatoms. The van der Waals surface area contributed by atoms with Crippen LogP contribution in [-0.2, 0) is 0 Å². The number of benzene rings is 6. The molecule has 0 spiro atoms. The molecule has 0 aliphatic heterocycles. The zero-order valence-electron chi connectivity index (χ0n) is 24.5. The van der Waals surface area contributed by atoms with E-state index in [1.54, 1.807) is 24.8 Å². The van der Waals surface area contributed by atoms with Crippen molar-refractivity contribution in [3.05, 3.63) is 135 Å². The highest BCUT2D eigenvalue weighted by Crippen LogP contribution is 2.53. The van der Waals surface area contributed by atoms with E-state index in [9.17, 15) is 9.59 Å². The molecule has 210 valence electrons. The second-order valence-corrected chi connectivity index (χ2v) is 12.3. The molecule has 0 aliphatic rings. The van der Waals surface area contributed by atoms with Crippen molar-refractivity contribution in [3.8, 4) is 27.9 Å². The van der Waals surface area contributed by atoms with E-state index in [0.717, 1.165) is 81.9 Å².